The molecule has 1 fully saturated rings. The van der Waals surface area contributed by atoms with Crippen LogP contribution in [0.25, 0.3) is 0 Å². The van der Waals surface area contributed by atoms with Crippen molar-refractivity contribution in [1.82, 2.24) is 20.5 Å². The highest BCUT2D eigenvalue weighted by Crippen LogP contribution is 2.39. The zero-order valence-electron chi connectivity index (χ0n) is 18.4. The van der Waals surface area contributed by atoms with E-state index in [2.05, 4.69) is 17.6 Å². The van der Waals surface area contributed by atoms with Crippen LogP contribution in [0.2, 0.25) is 0 Å². The molecule has 2 aliphatic carbocycles. The highest BCUT2D eigenvalue weighted by Gasteiger charge is 2.42. The molecule has 162 valence electrons. The molecule has 7 heteroatoms. The van der Waals surface area contributed by atoms with Gasteiger partial charge in [-0.05, 0) is 51.9 Å². The third-order valence-electron chi connectivity index (χ3n) is 6.05. The van der Waals surface area contributed by atoms with Crippen LogP contribution in [0.4, 0.5) is 0 Å². The summed E-state index contributed by atoms with van der Waals surface area (Å²) >= 11 is 1.91. The summed E-state index contributed by atoms with van der Waals surface area (Å²) in [6.45, 7) is 4.33. The smallest absolute Gasteiger partial charge is 0.230 e. The minimum absolute atomic E-state index is 0.224. The lowest BCUT2D eigenvalue weighted by Crippen LogP contribution is -2.43. The van der Waals surface area contributed by atoms with E-state index in [9.17, 15) is 4.79 Å². The number of carbonyl (C=O) groups excluding carboxylic acids is 1. The van der Waals surface area contributed by atoms with Crippen molar-refractivity contribution in [2.24, 2.45) is 10.4 Å². The number of fused-ring (bicyclic) bond motifs is 1. The number of guanidine groups is 1. The molecule has 3 rings (SSSR count). The molecule has 0 spiro atoms. The van der Waals surface area contributed by atoms with Gasteiger partial charge in [0.05, 0.1) is 22.7 Å². The fourth-order valence-electron chi connectivity index (χ4n) is 4.50. The fourth-order valence-corrected chi connectivity index (χ4v) is 5.70. The molecular weight excluding hydrogens is 382 g/mol. The highest BCUT2D eigenvalue weighted by atomic mass is 32.1. The number of hydrogen-bond donors (Lipinski definition) is 2. The molecule has 1 heterocycles. The molecule has 0 bridgehead atoms. The van der Waals surface area contributed by atoms with Crippen molar-refractivity contribution < 1.29 is 4.79 Å². The van der Waals surface area contributed by atoms with Gasteiger partial charge in [0, 0.05) is 38.5 Å². The zero-order chi connectivity index (χ0) is 20.7. The predicted molar refractivity (Wildman–Crippen MR) is 121 cm³/mol. The first kappa shape index (κ1) is 22.1. The first-order valence-electron chi connectivity index (χ1n) is 11.3. The first-order valence-corrected chi connectivity index (χ1v) is 12.1. The molecule has 6 nitrogen and oxygen atoms in total. The molecule has 2 N–H and O–H groups in total. The second-order valence-corrected chi connectivity index (χ2v) is 9.77. The Bertz CT molecular complexity index is 683. The lowest BCUT2D eigenvalue weighted by Gasteiger charge is -2.29. The Morgan fingerprint density at radius 2 is 1.93 bits per heavy atom. The van der Waals surface area contributed by atoms with Crippen molar-refractivity contribution >= 4 is 23.2 Å². The molecule has 1 amide bonds. The van der Waals surface area contributed by atoms with Crippen LogP contribution in [-0.2, 0) is 24.1 Å². The normalized spacial score (nSPS) is 18.4. The van der Waals surface area contributed by atoms with Crippen LogP contribution in [0.5, 0.6) is 0 Å². The third kappa shape index (κ3) is 5.71. The maximum Gasteiger partial charge on any atom is 0.230 e. The van der Waals surface area contributed by atoms with Crippen LogP contribution in [0.15, 0.2) is 4.99 Å². The largest absolute Gasteiger partial charge is 0.357 e. The Balaban J connectivity index is 1.51. The van der Waals surface area contributed by atoms with E-state index < -0.39 is 0 Å². The Morgan fingerprint density at radius 1 is 1.17 bits per heavy atom. The Hall–Kier alpha value is -1.63. The molecule has 0 unspecified atom stereocenters. The summed E-state index contributed by atoms with van der Waals surface area (Å²) in [5.41, 5.74) is 1.04. The number of nitrogens with zero attached hydrogens (tertiary/aromatic N) is 3. The summed E-state index contributed by atoms with van der Waals surface area (Å²) in [5, 5.41) is 8.06. The van der Waals surface area contributed by atoms with Gasteiger partial charge in [-0.15, -0.1) is 11.3 Å². The van der Waals surface area contributed by atoms with Crippen molar-refractivity contribution in [2.75, 3.05) is 33.7 Å². The Labute approximate surface area is 179 Å². The average Bonchev–Trinajstić information content (AvgIpc) is 3.35. The number of rotatable bonds is 8. The number of hydrogen-bond acceptors (Lipinski definition) is 4. The van der Waals surface area contributed by atoms with Gasteiger partial charge in [0.15, 0.2) is 5.96 Å². The lowest BCUT2D eigenvalue weighted by atomic mass is 9.85. The maximum atomic E-state index is 12.7. The maximum absolute atomic E-state index is 12.7. The summed E-state index contributed by atoms with van der Waals surface area (Å²) in [4.78, 5) is 25.6. The fraction of sp³-hybridized carbons (Fsp3) is 0.773. The minimum Gasteiger partial charge on any atom is -0.357 e. The van der Waals surface area contributed by atoms with Crippen LogP contribution >= 0.6 is 11.3 Å². The van der Waals surface area contributed by atoms with Gasteiger partial charge in [0.25, 0.3) is 0 Å². The Kier molecular flexibility index (Phi) is 7.92. The van der Waals surface area contributed by atoms with Crippen molar-refractivity contribution in [3.05, 3.63) is 15.6 Å². The third-order valence-corrected chi connectivity index (χ3v) is 7.27. The molecule has 0 aromatic carbocycles. The van der Waals surface area contributed by atoms with Crippen molar-refractivity contribution in [3.63, 3.8) is 0 Å². The van der Waals surface area contributed by atoms with Crippen molar-refractivity contribution in [2.45, 2.75) is 71.1 Å². The number of aliphatic imine (C=N–C) groups is 1. The topological polar surface area (TPSA) is 69.6 Å². The number of aromatic nitrogens is 1. The summed E-state index contributed by atoms with van der Waals surface area (Å²) < 4.78 is 0. The van der Waals surface area contributed by atoms with Gasteiger partial charge < -0.3 is 15.5 Å². The predicted octanol–water partition coefficient (Wildman–Crippen LogP) is 3.16. The van der Waals surface area contributed by atoms with Crippen molar-refractivity contribution in [3.8, 4) is 0 Å². The minimum atomic E-state index is -0.314. The van der Waals surface area contributed by atoms with Gasteiger partial charge in [-0.1, -0.05) is 12.8 Å². The molecule has 1 aromatic heterocycles. The second kappa shape index (κ2) is 10.4. The van der Waals surface area contributed by atoms with E-state index in [4.69, 9.17) is 9.98 Å². The van der Waals surface area contributed by atoms with Crippen LogP contribution < -0.4 is 10.6 Å². The molecule has 1 saturated carbocycles. The van der Waals surface area contributed by atoms with Gasteiger partial charge in [0.2, 0.25) is 5.91 Å². The van der Waals surface area contributed by atoms with Gasteiger partial charge in [-0.3, -0.25) is 9.79 Å². The van der Waals surface area contributed by atoms with Crippen LogP contribution in [0.3, 0.4) is 0 Å². The molecule has 0 aliphatic heterocycles. The number of amides is 1. The monoisotopic (exact) mass is 419 g/mol. The molecule has 0 saturated heterocycles. The van der Waals surface area contributed by atoms with Crippen LogP contribution in [-0.4, -0.2) is 55.5 Å². The quantitative estimate of drug-likeness (QED) is 0.386. The zero-order valence-corrected chi connectivity index (χ0v) is 19.2. The number of thiazole rings is 1. The number of carbonyl (C=O) groups is 1. The SMILES string of the molecule is CCNC(=NCC1(C(=O)N(C)C)CCCC1)NCCCc1nc2c(s1)CCCC2. The molecule has 0 atom stereocenters. The van der Waals surface area contributed by atoms with Crippen molar-refractivity contribution in [1.29, 1.82) is 0 Å². The molecule has 0 radical (unpaired) electrons. The van der Waals surface area contributed by atoms with E-state index >= 15 is 0 Å². The first-order chi connectivity index (χ1) is 14.0. The molecule has 1 aromatic rings. The van der Waals surface area contributed by atoms with E-state index in [1.165, 1.54) is 34.8 Å². The van der Waals surface area contributed by atoms with Gasteiger partial charge in [-0.25, -0.2) is 4.98 Å². The molecule has 29 heavy (non-hydrogen) atoms. The summed E-state index contributed by atoms with van der Waals surface area (Å²) in [5.74, 6) is 1.05. The molecule has 2 aliphatic rings. The van der Waals surface area contributed by atoms with E-state index in [1.807, 2.05) is 25.4 Å². The van der Waals surface area contributed by atoms with Gasteiger partial charge in [-0.2, -0.15) is 0 Å². The van der Waals surface area contributed by atoms with Crippen LogP contribution in [0, 0.1) is 5.41 Å². The van der Waals surface area contributed by atoms with Gasteiger partial charge >= 0.3 is 0 Å². The average molecular weight is 420 g/mol. The lowest BCUT2D eigenvalue weighted by molar-refractivity contribution is -0.138. The van der Waals surface area contributed by atoms with E-state index in [0.29, 0.717) is 6.54 Å². The van der Waals surface area contributed by atoms with Crippen LogP contribution in [0.1, 0.15) is 67.4 Å². The van der Waals surface area contributed by atoms with Gasteiger partial charge in [0.1, 0.15) is 0 Å². The Morgan fingerprint density at radius 3 is 2.62 bits per heavy atom. The van der Waals surface area contributed by atoms with E-state index in [1.54, 1.807) is 4.90 Å². The summed E-state index contributed by atoms with van der Waals surface area (Å²) in [7, 11) is 3.71. The second-order valence-electron chi connectivity index (χ2n) is 8.60. The number of aryl methyl sites for hydroxylation is 3. The van der Waals surface area contributed by atoms with E-state index in [0.717, 1.165) is 64.0 Å². The standard InChI is InChI=1S/C22H37N5OS/c1-4-23-21(25-16-22(13-7-8-14-22)20(28)27(2)3)24-15-9-12-19-26-17-10-5-6-11-18(17)29-19/h4-16H2,1-3H3,(H2,23,24,25). The highest BCUT2D eigenvalue weighted by molar-refractivity contribution is 7.11. The number of nitrogens with one attached hydrogen (secondary N) is 2. The molecular formula is C22H37N5OS. The summed E-state index contributed by atoms with van der Waals surface area (Å²) in [6, 6.07) is 0. The van der Waals surface area contributed by atoms with E-state index in [-0.39, 0.29) is 11.3 Å². The summed E-state index contributed by atoms with van der Waals surface area (Å²) in [6.07, 6.45) is 11.2.